The molecular formula is C55H69N. The van der Waals surface area contributed by atoms with Gasteiger partial charge in [-0.15, -0.1) is 0 Å². The summed E-state index contributed by atoms with van der Waals surface area (Å²) >= 11 is 0. The zero-order chi connectivity index (χ0) is 39.1. The first-order valence-corrected chi connectivity index (χ1v) is 22.6. The molecule has 5 aromatic rings. The Morgan fingerprint density at radius 3 is 1.54 bits per heavy atom. The molecule has 0 N–H and O–H groups in total. The van der Waals surface area contributed by atoms with E-state index in [0.29, 0.717) is 11.8 Å². The van der Waals surface area contributed by atoms with Crippen LogP contribution in [0.2, 0.25) is 0 Å². The van der Waals surface area contributed by atoms with Crippen LogP contribution in [0.5, 0.6) is 0 Å². The highest BCUT2D eigenvalue weighted by atomic mass is 15.1. The standard InChI is InChI=1S/C55H69N/c1-7-9-11-13-15-18-22-42-35-46-37-47(55(4,5)6)39-52-43(23-19-16-14-12-10-8-2)34-45-36-44(38-51(42)53(45)54(46)52)41-28-32-50(33-29-41)56(48-24-20-17-21-25-48)49-30-26-40(3)27-31-49/h17,20-21,24-33,36-39,42-43H,7-16,18-19,22-23,34-35H2,1-6H3. The molecule has 0 amide bonds. The molecular weight excluding hydrogens is 675 g/mol. The van der Waals surface area contributed by atoms with Crippen LogP contribution in [0.4, 0.5) is 17.1 Å². The fraction of sp³-hybridized carbons (Fsp3) is 0.455. The lowest BCUT2D eigenvalue weighted by atomic mass is 9.65. The number of rotatable bonds is 18. The van der Waals surface area contributed by atoms with E-state index in [0.717, 1.165) is 0 Å². The molecule has 1 nitrogen and oxygen atoms in total. The number of benzene rings is 5. The van der Waals surface area contributed by atoms with Crippen molar-refractivity contribution in [3.8, 4) is 22.3 Å². The van der Waals surface area contributed by atoms with Gasteiger partial charge in [0.25, 0.3) is 0 Å². The van der Waals surface area contributed by atoms with Gasteiger partial charge >= 0.3 is 0 Å². The fourth-order valence-corrected chi connectivity index (χ4v) is 9.76. The van der Waals surface area contributed by atoms with Gasteiger partial charge in [-0.25, -0.2) is 0 Å². The smallest absolute Gasteiger partial charge is 0.0462 e. The molecule has 0 heterocycles. The van der Waals surface area contributed by atoms with E-state index in [2.05, 4.69) is 150 Å². The Bertz CT molecular complexity index is 2010. The summed E-state index contributed by atoms with van der Waals surface area (Å²) < 4.78 is 0. The molecule has 7 rings (SSSR count). The van der Waals surface area contributed by atoms with Gasteiger partial charge in [-0.05, 0) is 136 Å². The molecule has 0 bridgehead atoms. The largest absolute Gasteiger partial charge is 0.311 e. The van der Waals surface area contributed by atoms with Crippen LogP contribution >= 0.6 is 0 Å². The van der Waals surface area contributed by atoms with Crippen LogP contribution in [0.1, 0.15) is 170 Å². The number of hydrogen-bond donors (Lipinski definition) is 0. The molecule has 2 aliphatic carbocycles. The van der Waals surface area contributed by atoms with Crippen molar-refractivity contribution < 1.29 is 0 Å². The van der Waals surface area contributed by atoms with Crippen molar-refractivity contribution >= 4 is 17.1 Å². The molecule has 2 aliphatic rings. The summed E-state index contributed by atoms with van der Waals surface area (Å²) in [5.41, 5.74) is 19.0. The van der Waals surface area contributed by atoms with E-state index in [9.17, 15) is 0 Å². The first-order valence-electron chi connectivity index (χ1n) is 22.6. The Kier molecular flexibility index (Phi) is 13.2. The van der Waals surface area contributed by atoms with E-state index >= 15 is 0 Å². The molecule has 0 saturated heterocycles. The van der Waals surface area contributed by atoms with Crippen LogP contribution in [0.25, 0.3) is 22.3 Å². The Labute approximate surface area is 341 Å². The van der Waals surface area contributed by atoms with E-state index in [1.807, 2.05) is 0 Å². The fourth-order valence-electron chi connectivity index (χ4n) is 9.76. The van der Waals surface area contributed by atoms with Gasteiger partial charge in [0.1, 0.15) is 0 Å². The number of anilines is 3. The number of aryl methyl sites for hydroxylation is 1. The molecule has 294 valence electrons. The highest BCUT2D eigenvalue weighted by Crippen LogP contribution is 2.53. The Morgan fingerprint density at radius 2 is 0.982 bits per heavy atom. The Hall–Kier alpha value is -4.10. The molecule has 0 saturated carbocycles. The Morgan fingerprint density at radius 1 is 0.500 bits per heavy atom. The zero-order valence-corrected chi connectivity index (χ0v) is 35.7. The molecule has 1 heteroatoms. The summed E-state index contributed by atoms with van der Waals surface area (Å²) in [7, 11) is 0. The molecule has 56 heavy (non-hydrogen) atoms. The van der Waals surface area contributed by atoms with Gasteiger partial charge < -0.3 is 4.90 Å². The summed E-state index contributed by atoms with van der Waals surface area (Å²) in [4.78, 5) is 2.38. The summed E-state index contributed by atoms with van der Waals surface area (Å²) in [5.74, 6) is 1.18. The van der Waals surface area contributed by atoms with Crippen LogP contribution < -0.4 is 4.90 Å². The van der Waals surface area contributed by atoms with Gasteiger partial charge in [-0.2, -0.15) is 0 Å². The van der Waals surface area contributed by atoms with Crippen LogP contribution in [0.3, 0.4) is 0 Å². The maximum absolute atomic E-state index is 2.65. The molecule has 0 aliphatic heterocycles. The minimum absolute atomic E-state index is 0.150. The second-order valence-corrected chi connectivity index (χ2v) is 18.4. The summed E-state index contributed by atoms with van der Waals surface area (Å²) in [6, 6.07) is 39.7. The van der Waals surface area contributed by atoms with Gasteiger partial charge in [0.05, 0.1) is 0 Å². The lowest BCUT2D eigenvalue weighted by molar-refractivity contribution is 0.518. The highest BCUT2D eigenvalue weighted by Gasteiger charge is 2.36. The lowest BCUT2D eigenvalue weighted by Crippen LogP contribution is -2.23. The summed E-state index contributed by atoms with van der Waals surface area (Å²) in [5, 5.41) is 0. The predicted molar refractivity (Wildman–Crippen MR) is 244 cm³/mol. The number of para-hydroxylation sites is 1. The molecule has 0 aromatic heterocycles. The average molecular weight is 744 g/mol. The van der Waals surface area contributed by atoms with Crippen molar-refractivity contribution in [1.29, 1.82) is 0 Å². The van der Waals surface area contributed by atoms with Gasteiger partial charge in [0.2, 0.25) is 0 Å². The van der Waals surface area contributed by atoms with Crippen molar-refractivity contribution in [1.82, 2.24) is 0 Å². The van der Waals surface area contributed by atoms with E-state index in [1.54, 1.807) is 33.4 Å². The van der Waals surface area contributed by atoms with E-state index in [-0.39, 0.29) is 5.41 Å². The molecule has 0 spiro atoms. The monoisotopic (exact) mass is 744 g/mol. The minimum Gasteiger partial charge on any atom is -0.311 e. The third-order valence-electron chi connectivity index (χ3n) is 13.0. The van der Waals surface area contributed by atoms with Gasteiger partial charge in [0, 0.05) is 17.1 Å². The second kappa shape index (κ2) is 18.4. The molecule has 0 radical (unpaired) electrons. The SMILES string of the molecule is CCCCCCCCC1Cc2cc(C(C)(C)C)cc3c2-c2c(cc(-c4ccc(N(c5ccccc5)c5ccc(C)cc5)cc4)cc21)CC3CCCCCCCC. The zero-order valence-electron chi connectivity index (χ0n) is 35.7. The van der Waals surface area contributed by atoms with Crippen LogP contribution in [0, 0.1) is 6.92 Å². The van der Waals surface area contributed by atoms with Gasteiger partial charge in [-0.1, -0.05) is 184 Å². The first-order chi connectivity index (χ1) is 27.2. The summed E-state index contributed by atoms with van der Waals surface area (Å²) in [6.45, 7) is 14.1. The number of nitrogens with zero attached hydrogens (tertiary/aromatic N) is 1. The normalized spacial score (nSPS) is 15.8. The molecule has 2 atom stereocenters. The van der Waals surface area contributed by atoms with Crippen molar-refractivity contribution in [2.24, 2.45) is 0 Å². The van der Waals surface area contributed by atoms with Crippen molar-refractivity contribution in [3.63, 3.8) is 0 Å². The van der Waals surface area contributed by atoms with Gasteiger partial charge in [-0.3, -0.25) is 0 Å². The van der Waals surface area contributed by atoms with Gasteiger partial charge in [0.15, 0.2) is 0 Å². The third kappa shape index (κ3) is 9.20. The molecule has 2 unspecified atom stereocenters. The van der Waals surface area contributed by atoms with E-state index in [4.69, 9.17) is 0 Å². The second-order valence-electron chi connectivity index (χ2n) is 18.4. The average Bonchev–Trinajstić information content (AvgIpc) is 3.20. The third-order valence-corrected chi connectivity index (χ3v) is 13.0. The number of hydrogen-bond acceptors (Lipinski definition) is 1. The highest BCUT2D eigenvalue weighted by molar-refractivity contribution is 5.86. The van der Waals surface area contributed by atoms with Crippen molar-refractivity contribution in [2.45, 2.75) is 162 Å². The quantitative estimate of drug-likeness (QED) is 0.0808. The molecule has 5 aromatic carbocycles. The Balaban J connectivity index is 1.27. The predicted octanol–water partition coefficient (Wildman–Crippen LogP) is 16.9. The maximum Gasteiger partial charge on any atom is 0.0462 e. The van der Waals surface area contributed by atoms with Crippen molar-refractivity contribution in [3.05, 3.63) is 137 Å². The van der Waals surface area contributed by atoms with E-state index in [1.165, 1.54) is 142 Å². The summed E-state index contributed by atoms with van der Waals surface area (Å²) in [6.07, 6.45) is 21.2. The number of unbranched alkanes of at least 4 members (excludes halogenated alkanes) is 10. The minimum atomic E-state index is 0.150. The maximum atomic E-state index is 2.65. The van der Waals surface area contributed by atoms with Crippen LogP contribution in [-0.4, -0.2) is 0 Å². The topological polar surface area (TPSA) is 3.24 Å². The van der Waals surface area contributed by atoms with E-state index < -0.39 is 0 Å². The first kappa shape index (κ1) is 40.1. The lowest BCUT2D eigenvalue weighted by Gasteiger charge is -2.39. The van der Waals surface area contributed by atoms with Crippen LogP contribution in [-0.2, 0) is 18.3 Å². The van der Waals surface area contributed by atoms with Crippen molar-refractivity contribution in [2.75, 3.05) is 4.90 Å². The van der Waals surface area contributed by atoms with Crippen LogP contribution in [0.15, 0.2) is 103 Å². The molecule has 0 fully saturated rings.